The second-order valence-corrected chi connectivity index (χ2v) is 5.46. The highest BCUT2D eigenvalue weighted by molar-refractivity contribution is 5.72. The summed E-state index contributed by atoms with van der Waals surface area (Å²) < 4.78 is 0. The minimum Gasteiger partial charge on any atom is -0.379 e. The van der Waals surface area contributed by atoms with Gasteiger partial charge in [-0.15, -0.1) is 0 Å². The first kappa shape index (κ1) is 17.9. The summed E-state index contributed by atoms with van der Waals surface area (Å²) in [6.45, 7) is 5.27. The number of carbonyl (C=O) groups excluding carboxylic acids is 1. The smallest absolute Gasteiger partial charge is 0.292 e. The molecule has 1 atom stereocenters. The molecule has 0 fully saturated rings. The highest BCUT2D eigenvalue weighted by Crippen LogP contribution is 2.25. The first-order valence-corrected chi connectivity index (χ1v) is 7.46. The van der Waals surface area contributed by atoms with Crippen molar-refractivity contribution in [3.8, 4) is 0 Å². The largest absolute Gasteiger partial charge is 0.379 e. The van der Waals surface area contributed by atoms with E-state index in [1.807, 2.05) is 13.0 Å². The summed E-state index contributed by atoms with van der Waals surface area (Å²) in [5, 5.41) is 17.1. The fourth-order valence-electron chi connectivity index (χ4n) is 2.19. The van der Waals surface area contributed by atoms with Crippen LogP contribution < -0.4 is 16.4 Å². The number of hydrogen-bond acceptors (Lipinski definition) is 4. The van der Waals surface area contributed by atoms with Gasteiger partial charge in [-0.3, -0.25) is 14.9 Å². The Morgan fingerprint density at radius 1 is 1.41 bits per heavy atom. The number of nitro groups is 1. The zero-order chi connectivity index (χ0) is 16.5. The van der Waals surface area contributed by atoms with Gasteiger partial charge in [0.15, 0.2) is 0 Å². The number of nitro benzene ring substituents is 1. The van der Waals surface area contributed by atoms with E-state index in [9.17, 15) is 14.9 Å². The molecule has 1 rings (SSSR count). The van der Waals surface area contributed by atoms with Gasteiger partial charge in [0.25, 0.3) is 5.69 Å². The van der Waals surface area contributed by atoms with E-state index < -0.39 is 0 Å². The number of rotatable bonds is 9. The summed E-state index contributed by atoms with van der Waals surface area (Å²) in [5.41, 5.74) is 5.26. The van der Waals surface area contributed by atoms with E-state index in [-0.39, 0.29) is 22.4 Å². The molecule has 0 aromatic heterocycles. The molecular formula is C15H25N4O3+. The van der Waals surface area contributed by atoms with Crippen LogP contribution >= 0.6 is 0 Å². The minimum atomic E-state index is -0.381. The maximum Gasteiger partial charge on any atom is 0.292 e. The van der Waals surface area contributed by atoms with E-state index in [4.69, 9.17) is 0 Å². The standard InChI is InChI=1S/C15H24N4O3/c1-11-5-6-14(15(8-11)19(21)22)18-10-13(4-3-7-16)9-17-12(2)20/h5-6,8,13,18H,3-4,7,9-10,16H2,1-2H3,(H,17,20)/p+1. The molecule has 0 aliphatic rings. The second-order valence-electron chi connectivity index (χ2n) is 5.46. The molecule has 1 amide bonds. The lowest BCUT2D eigenvalue weighted by Crippen LogP contribution is -2.50. The Labute approximate surface area is 130 Å². The Kier molecular flexibility index (Phi) is 7.31. The lowest BCUT2D eigenvalue weighted by molar-refractivity contribution is -0.384. The summed E-state index contributed by atoms with van der Waals surface area (Å²) in [6, 6.07) is 5.12. The molecule has 122 valence electrons. The predicted molar refractivity (Wildman–Crippen MR) is 85.5 cm³/mol. The number of nitrogens with one attached hydrogen (secondary N) is 2. The molecule has 22 heavy (non-hydrogen) atoms. The number of nitrogens with zero attached hydrogens (tertiary/aromatic N) is 1. The summed E-state index contributed by atoms with van der Waals surface area (Å²) in [7, 11) is 0. The van der Waals surface area contributed by atoms with Crippen LogP contribution in [0.5, 0.6) is 0 Å². The van der Waals surface area contributed by atoms with Crippen LogP contribution in [0.2, 0.25) is 0 Å². The van der Waals surface area contributed by atoms with Gasteiger partial charge >= 0.3 is 0 Å². The molecule has 7 heteroatoms. The van der Waals surface area contributed by atoms with Gasteiger partial charge in [0, 0.05) is 26.1 Å². The molecule has 1 unspecified atom stereocenters. The minimum absolute atomic E-state index is 0.0686. The molecule has 0 bridgehead atoms. The van der Waals surface area contributed by atoms with Crippen molar-refractivity contribution in [1.82, 2.24) is 5.32 Å². The maximum absolute atomic E-state index is 11.1. The third-order valence-electron chi connectivity index (χ3n) is 3.43. The Morgan fingerprint density at radius 3 is 2.73 bits per heavy atom. The van der Waals surface area contributed by atoms with Crippen LogP contribution in [0.25, 0.3) is 0 Å². The lowest BCUT2D eigenvalue weighted by Gasteiger charge is -2.18. The topological polar surface area (TPSA) is 112 Å². The third kappa shape index (κ3) is 6.09. The lowest BCUT2D eigenvalue weighted by atomic mass is 10.0. The van der Waals surface area contributed by atoms with Crippen LogP contribution in [0, 0.1) is 23.0 Å². The molecule has 0 heterocycles. The third-order valence-corrected chi connectivity index (χ3v) is 3.43. The van der Waals surface area contributed by atoms with Crippen molar-refractivity contribution in [2.75, 3.05) is 25.0 Å². The van der Waals surface area contributed by atoms with Crippen LogP contribution in [0.3, 0.4) is 0 Å². The highest BCUT2D eigenvalue weighted by atomic mass is 16.6. The molecule has 7 nitrogen and oxygen atoms in total. The van der Waals surface area contributed by atoms with Crippen LogP contribution in [-0.2, 0) is 4.79 Å². The van der Waals surface area contributed by atoms with E-state index in [0.717, 1.165) is 24.9 Å². The SMILES string of the molecule is CC(=O)NCC(CCC[NH3+])CNc1ccc(C)cc1[N+](=O)[O-]. The van der Waals surface area contributed by atoms with Crippen molar-refractivity contribution in [2.24, 2.45) is 5.92 Å². The predicted octanol–water partition coefficient (Wildman–Crippen LogP) is 1.09. The second kappa shape index (κ2) is 8.99. The Hall–Kier alpha value is -2.15. The quantitative estimate of drug-likeness (QED) is 0.468. The molecule has 0 aliphatic heterocycles. The zero-order valence-corrected chi connectivity index (χ0v) is 13.2. The number of anilines is 1. The normalized spacial score (nSPS) is 11.8. The maximum atomic E-state index is 11.1. The fourth-order valence-corrected chi connectivity index (χ4v) is 2.19. The molecule has 1 aromatic carbocycles. The fraction of sp³-hybridized carbons (Fsp3) is 0.533. The zero-order valence-electron chi connectivity index (χ0n) is 13.2. The van der Waals surface area contributed by atoms with Gasteiger partial charge in [0.05, 0.1) is 11.5 Å². The van der Waals surface area contributed by atoms with E-state index in [0.29, 0.717) is 18.8 Å². The van der Waals surface area contributed by atoms with Gasteiger partial charge in [0.2, 0.25) is 5.91 Å². The van der Waals surface area contributed by atoms with E-state index in [1.165, 1.54) is 6.92 Å². The number of aryl methyl sites for hydroxylation is 1. The van der Waals surface area contributed by atoms with Gasteiger partial charge in [-0.1, -0.05) is 6.07 Å². The first-order chi connectivity index (χ1) is 10.4. The van der Waals surface area contributed by atoms with E-state index >= 15 is 0 Å². The van der Waals surface area contributed by atoms with Crippen molar-refractivity contribution in [1.29, 1.82) is 0 Å². The van der Waals surface area contributed by atoms with Gasteiger partial charge < -0.3 is 16.4 Å². The van der Waals surface area contributed by atoms with Crippen molar-refractivity contribution in [3.05, 3.63) is 33.9 Å². The first-order valence-electron chi connectivity index (χ1n) is 7.46. The average molecular weight is 309 g/mol. The van der Waals surface area contributed by atoms with Crippen LogP contribution in [-0.4, -0.2) is 30.5 Å². The van der Waals surface area contributed by atoms with Crippen molar-refractivity contribution >= 4 is 17.3 Å². The van der Waals surface area contributed by atoms with Crippen molar-refractivity contribution in [3.63, 3.8) is 0 Å². The molecule has 0 aliphatic carbocycles. The Balaban J connectivity index is 2.70. The number of benzene rings is 1. The number of quaternary nitrogens is 1. The Bertz CT molecular complexity index is 520. The number of hydrogen-bond donors (Lipinski definition) is 3. The van der Waals surface area contributed by atoms with Gasteiger partial charge in [-0.05, 0) is 37.3 Å². The van der Waals surface area contributed by atoms with Gasteiger partial charge in [0.1, 0.15) is 5.69 Å². The molecule has 0 saturated heterocycles. The van der Waals surface area contributed by atoms with E-state index in [2.05, 4.69) is 16.4 Å². The molecular weight excluding hydrogens is 284 g/mol. The monoisotopic (exact) mass is 309 g/mol. The van der Waals surface area contributed by atoms with Crippen molar-refractivity contribution < 1.29 is 15.5 Å². The average Bonchev–Trinajstić information content (AvgIpc) is 2.47. The van der Waals surface area contributed by atoms with Gasteiger partial charge in [-0.25, -0.2) is 0 Å². The highest BCUT2D eigenvalue weighted by Gasteiger charge is 2.16. The summed E-state index contributed by atoms with van der Waals surface area (Å²) >= 11 is 0. The molecule has 0 radical (unpaired) electrons. The van der Waals surface area contributed by atoms with Gasteiger partial charge in [-0.2, -0.15) is 0 Å². The Morgan fingerprint density at radius 2 is 2.14 bits per heavy atom. The summed E-state index contributed by atoms with van der Waals surface area (Å²) in [6.07, 6.45) is 1.87. The van der Waals surface area contributed by atoms with E-state index in [1.54, 1.807) is 12.1 Å². The number of amides is 1. The molecule has 5 N–H and O–H groups in total. The molecule has 0 saturated carbocycles. The van der Waals surface area contributed by atoms with Crippen LogP contribution in [0.4, 0.5) is 11.4 Å². The van der Waals surface area contributed by atoms with Crippen LogP contribution in [0.1, 0.15) is 25.3 Å². The van der Waals surface area contributed by atoms with Crippen LogP contribution in [0.15, 0.2) is 18.2 Å². The van der Waals surface area contributed by atoms with Crippen molar-refractivity contribution in [2.45, 2.75) is 26.7 Å². The summed E-state index contributed by atoms with van der Waals surface area (Å²) in [4.78, 5) is 21.8. The number of carbonyl (C=O) groups is 1. The molecule has 1 aromatic rings. The summed E-state index contributed by atoms with van der Waals surface area (Å²) in [5.74, 6) is 0.146. The molecule has 0 spiro atoms.